The summed E-state index contributed by atoms with van der Waals surface area (Å²) in [7, 11) is 0. The first kappa shape index (κ1) is 12.1. The molecule has 5 nitrogen and oxygen atoms in total. The minimum absolute atomic E-state index is 0.0479. The van der Waals surface area contributed by atoms with Crippen LogP contribution in [0.2, 0.25) is 0 Å². The highest BCUT2D eigenvalue weighted by molar-refractivity contribution is 5.93. The Hall–Kier alpha value is -1.36. The number of nitrogens with zero attached hydrogens (tertiary/aromatic N) is 3. The predicted molar refractivity (Wildman–Crippen MR) is 63.8 cm³/mol. The highest BCUT2D eigenvalue weighted by Crippen LogP contribution is 2.13. The van der Waals surface area contributed by atoms with Gasteiger partial charge in [-0.15, -0.1) is 0 Å². The standard InChI is InChI=1S/C12H19N3O2/c1-4-15-8-11(5-13-15)12(16)14-6-9(2)17-10(3)7-14/h5,8-10H,4,6-7H2,1-3H3/t9-,10+. The highest BCUT2D eigenvalue weighted by Gasteiger charge is 2.27. The van der Waals surface area contributed by atoms with Crippen LogP contribution in [-0.4, -0.2) is 45.9 Å². The Balaban J connectivity index is 2.08. The van der Waals surface area contributed by atoms with Gasteiger partial charge in [0.15, 0.2) is 0 Å². The van der Waals surface area contributed by atoms with Gasteiger partial charge in [-0.2, -0.15) is 5.10 Å². The van der Waals surface area contributed by atoms with Crippen molar-refractivity contribution in [2.45, 2.75) is 39.5 Å². The Labute approximate surface area is 101 Å². The molecule has 1 amide bonds. The molecule has 1 aromatic rings. The van der Waals surface area contributed by atoms with Crippen molar-refractivity contribution in [2.75, 3.05) is 13.1 Å². The molecule has 0 N–H and O–H groups in total. The van der Waals surface area contributed by atoms with Crippen LogP contribution in [0, 0.1) is 0 Å². The molecule has 2 rings (SSSR count). The first-order valence-electron chi connectivity index (χ1n) is 6.07. The van der Waals surface area contributed by atoms with Crippen LogP contribution in [0.15, 0.2) is 12.4 Å². The van der Waals surface area contributed by atoms with E-state index in [1.807, 2.05) is 25.7 Å². The molecule has 1 fully saturated rings. The molecule has 0 unspecified atom stereocenters. The van der Waals surface area contributed by atoms with Gasteiger partial charge in [-0.25, -0.2) is 0 Å². The number of ether oxygens (including phenoxy) is 1. The predicted octanol–water partition coefficient (Wildman–Crippen LogP) is 1.15. The van der Waals surface area contributed by atoms with Gasteiger partial charge in [-0.05, 0) is 20.8 Å². The van der Waals surface area contributed by atoms with E-state index in [1.165, 1.54) is 0 Å². The van der Waals surface area contributed by atoms with Crippen LogP contribution >= 0.6 is 0 Å². The first-order valence-corrected chi connectivity index (χ1v) is 6.07. The third-order valence-electron chi connectivity index (χ3n) is 2.91. The Kier molecular flexibility index (Phi) is 3.47. The normalized spacial score (nSPS) is 25.0. The van der Waals surface area contributed by atoms with E-state index in [-0.39, 0.29) is 18.1 Å². The molecular formula is C12H19N3O2. The van der Waals surface area contributed by atoms with E-state index in [4.69, 9.17) is 4.74 Å². The lowest BCUT2D eigenvalue weighted by Crippen LogP contribution is -2.48. The van der Waals surface area contributed by atoms with Crippen LogP contribution in [0.4, 0.5) is 0 Å². The van der Waals surface area contributed by atoms with E-state index < -0.39 is 0 Å². The lowest BCUT2D eigenvalue weighted by atomic mass is 10.2. The maximum Gasteiger partial charge on any atom is 0.257 e. The van der Waals surface area contributed by atoms with E-state index in [1.54, 1.807) is 17.1 Å². The molecule has 2 heterocycles. The third-order valence-corrected chi connectivity index (χ3v) is 2.91. The fraction of sp³-hybridized carbons (Fsp3) is 0.667. The van der Waals surface area contributed by atoms with Crippen molar-refractivity contribution in [3.8, 4) is 0 Å². The van der Waals surface area contributed by atoms with E-state index in [0.717, 1.165) is 6.54 Å². The first-order chi connectivity index (χ1) is 8.10. The van der Waals surface area contributed by atoms with Crippen LogP contribution in [0.25, 0.3) is 0 Å². The third kappa shape index (κ3) is 2.66. The van der Waals surface area contributed by atoms with Gasteiger partial charge in [-0.3, -0.25) is 9.48 Å². The summed E-state index contributed by atoms with van der Waals surface area (Å²) in [6.45, 7) is 8.07. The summed E-state index contributed by atoms with van der Waals surface area (Å²) in [6, 6.07) is 0. The fourth-order valence-corrected chi connectivity index (χ4v) is 2.17. The number of morpholine rings is 1. The number of hydrogen-bond donors (Lipinski definition) is 0. The largest absolute Gasteiger partial charge is 0.372 e. The van der Waals surface area contributed by atoms with Crippen molar-refractivity contribution >= 4 is 5.91 Å². The SMILES string of the molecule is CCn1cc(C(=O)N2C[C@@H](C)O[C@@H](C)C2)cn1. The Morgan fingerprint density at radius 2 is 2.12 bits per heavy atom. The average Bonchev–Trinajstić information content (AvgIpc) is 2.75. The molecule has 1 aromatic heterocycles. The second-order valence-corrected chi connectivity index (χ2v) is 4.55. The number of hydrogen-bond acceptors (Lipinski definition) is 3. The summed E-state index contributed by atoms with van der Waals surface area (Å²) in [5.41, 5.74) is 0.660. The van der Waals surface area contributed by atoms with Gasteiger partial charge in [0.05, 0.1) is 24.0 Å². The van der Waals surface area contributed by atoms with Crippen molar-refractivity contribution in [3.63, 3.8) is 0 Å². The number of amides is 1. The summed E-state index contributed by atoms with van der Waals surface area (Å²) in [5.74, 6) is 0.0479. The van der Waals surface area contributed by atoms with Gasteiger partial charge in [0.25, 0.3) is 5.91 Å². The number of aromatic nitrogens is 2. The highest BCUT2D eigenvalue weighted by atomic mass is 16.5. The van der Waals surface area contributed by atoms with Crippen molar-refractivity contribution in [3.05, 3.63) is 18.0 Å². The lowest BCUT2D eigenvalue weighted by molar-refractivity contribution is -0.0586. The number of rotatable bonds is 2. The molecule has 94 valence electrons. The van der Waals surface area contributed by atoms with Crippen molar-refractivity contribution in [1.29, 1.82) is 0 Å². The minimum atomic E-state index is 0.0479. The van der Waals surface area contributed by atoms with Crippen molar-refractivity contribution < 1.29 is 9.53 Å². The molecule has 2 atom stereocenters. The Bertz CT molecular complexity index is 392. The number of carbonyl (C=O) groups excluding carboxylic acids is 1. The molecular weight excluding hydrogens is 218 g/mol. The van der Waals surface area contributed by atoms with Gasteiger partial charge >= 0.3 is 0 Å². The molecule has 0 spiro atoms. The van der Waals surface area contributed by atoms with E-state index in [9.17, 15) is 4.79 Å². The van der Waals surface area contributed by atoms with Crippen molar-refractivity contribution in [1.82, 2.24) is 14.7 Å². The lowest BCUT2D eigenvalue weighted by Gasteiger charge is -2.35. The Morgan fingerprint density at radius 3 is 2.65 bits per heavy atom. The molecule has 1 aliphatic rings. The topological polar surface area (TPSA) is 47.4 Å². The summed E-state index contributed by atoms with van der Waals surface area (Å²) in [4.78, 5) is 14.1. The molecule has 0 aliphatic carbocycles. The molecule has 1 saturated heterocycles. The maximum absolute atomic E-state index is 12.2. The molecule has 0 saturated carbocycles. The smallest absolute Gasteiger partial charge is 0.257 e. The monoisotopic (exact) mass is 237 g/mol. The number of carbonyl (C=O) groups is 1. The maximum atomic E-state index is 12.2. The van der Waals surface area contributed by atoms with E-state index in [0.29, 0.717) is 18.7 Å². The van der Waals surface area contributed by atoms with E-state index >= 15 is 0 Å². The van der Waals surface area contributed by atoms with Gasteiger partial charge < -0.3 is 9.64 Å². The quantitative estimate of drug-likeness (QED) is 0.775. The Morgan fingerprint density at radius 1 is 1.47 bits per heavy atom. The fourth-order valence-electron chi connectivity index (χ4n) is 2.17. The van der Waals surface area contributed by atoms with Gasteiger partial charge in [0.2, 0.25) is 0 Å². The zero-order chi connectivity index (χ0) is 12.4. The molecule has 5 heteroatoms. The van der Waals surface area contributed by atoms with Gasteiger partial charge in [0, 0.05) is 25.8 Å². The average molecular weight is 237 g/mol. The zero-order valence-corrected chi connectivity index (χ0v) is 10.6. The zero-order valence-electron chi connectivity index (χ0n) is 10.6. The van der Waals surface area contributed by atoms with Crippen LogP contribution in [0.3, 0.4) is 0 Å². The molecule has 17 heavy (non-hydrogen) atoms. The van der Waals surface area contributed by atoms with Crippen molar-refractivity contribution in [2.24, 2.45) is 0 Å². The summed E-state index contributed by atoms with van der Waals surface area (Å²) >= 11 is 0. The van der Waals surface area contributed by atoms with Crippen LogP contribution in [-0.2, 0) is 11.3 Å². The molecule has 0 bridgehead atoms. The van der Waals surface area contributed by atoms with E-state index in [2.05, 4.69) is 5.10 Å². The van der Waals surface area contributed by atoms with Crippen LogP contribution in [0.1, 0.15) is 31.1 Å². The number of aryl methyl sites for hydroxylation is 1. The summed E-state index contributed by atoms with van der Waals surface area (Å²) in [6.07, 6.45) is 3.64. The minimum Gasteiger partial charge on any atom is -0.372 e. The summed E-state index contributed by atoms with van der Waals surface area (Å²) in [5, 5.41) is 4.13. The molecule has 0 radical (unpaired) electrons. The van der Waals surface area contributed by atoms with Crippen LogP contribution < -0.4 is 0 Å². The second-order valence-electron chi connectivity index (χ2n) is 4.55. The molecule has 1 aliphatic heterocycles. The van der Waals surface area contributed by atoms with Crippen LogP contribution in [0.5, 0.6) is 0 Å². The second kappa shape index (κ2) is 4.87. The van der Waals surface area contributed by atoms with Gasteiger partial charge in [0.1, 0.15) is 0 Å². The summed E-state index contributed by atoms with van der Waals surface area (Å²) < 4.78 is 7.38. The molecule has 0 aromatic carbocycles. The van der Waals surface area contributed by atoms with Gasteiger partial charge in [-0.1, -0.05) is 0 Å².